The summed E-state index contributed by atoms with van der Waals surface area (Å²) in [6.45, 7) is 5.02. The van der Waals surface area contributed by atoms with Gasteiger partial charge in [0.25, 0.3) is 0 Å². The van der Waals surface area contributed by atoms with Crippen LogP contribution in [0.2, 0.25) is 0 Å². The molecule has 1 amide bonds. The maximum absolute atomic E-state index is 11.3. The van der Waals surface area contributed by atoms with E-state index in [0.29, 0.717) is 19.5 Å². The molecule has 0 heterocycles. The van der Waals surface area contributed by atoms with Crippen molar-refractivity contribution in [3.63, 3.8) is 0 Å². The summed E-state index contributed by atoms with van der Waals surface area (Å²) in [5, 5.41) is 5.99. The van der Waals surface area contributed by atoms with Crippen molar-refractivity contribution in [2.24, 2.45) is 5.73 Å². The van der Waals surface area contributed by atoms with E-state index < -0.39 is 0 Å². The monoisotopic (exact) mass is 227 g/mol. The van der Waals surface area contributed by atoms with Gasteiger partial charge in [0.15, 0.2) is 0 Å². The summed E-state index contributed by atoms with van der Waals surface area (Å²) >= 11 is 0. The van der Waals surface area contributed by atoms with Crippen LogP contribution in [0.15, 0.2) is 12.2 Å². The highest BCUT2D eigenvalue weighted by molar-refractivity contribution is 5.75. The third-order valence-electron chi connectivity index (χ3n) is 2.12. The fourth-order valence-electron chi connectivity index (χ4n) is 1.27. The lowest BCUT2D eigenvalue weighted by Gasteiger charge is -2.05. The van der Waals surface area contributed by atoms with Gasteiger partial charge in [-0.3, -0.25) is 4.79 Å². The predicted molar refractivity (Wildman–Crippen MR) is 68.2 cm³/mol. The van der Waals surface area contributed by atoms with Gasteiger partial charge < -0.3 is 16.4 Å². The van der Waals surface area contributed by atoms with Crippen LogP contribution in [0.3, 0.4) is 0 Å². The molecular formula is C12H25N3O. The van der Waals surface area contributed by atoms with Crippen LogP contribution >= 0.6 is 0 Å². The van der Waals surface area contributed by atoms with Crippen LogP contribution in [0.1, 0.15) is 32.6 Å². The SMILES string of the molecule is CC/C=C/CCCC(=O)NCCNCCN. The van der Waals surface area contributed by atoms with Crippen molar-refractivity contribution in [2.45, 2.75) is 32.6 Å². The van der Waals surface area contributed by atoms with Gasteiger partial charge >= 0.3 is 0 Å². The van der Waals surface area contributed by atoms with Gasteiger partial charge in [-0.2, -0.15) is 0 Å². The van der Waals surface area contributed by atoms with Crippen molar-refractivity contribution in [2.75, 3.05) is 26.2 Å². The van der Waals surface area contributed by atoms with Gasteiger partial charge in [0.1, 0.15) is 0 Å². The summed E-state index contributed by atoms with van der Waals surface area (Å²) in [5.41, 5.74) is 5.32. The summed E-state index contributed by atoms with van der Waals surface area (Å²) < 4.78 is 0. The van der Waals surface area contributed by atoms with E-state index in [4.69, 9.17) is 5.73 Å². The number of hydrogen-bond acceptors (Lipinski definition) is 3. The zero-order valence-electron chi connectivity index (χ0n) is 10.3. The first-order valence-corrected chi connectivity index (χ1v) is 6.13. The molecule has 0 aliphatic heterocycles. The van der Waals surface area contributed by atoms with E-state index in [1.165, 1.54) is 0 Å². The Morgan fingerprint density at radius 1 is 1.25 bits per heavy atom. The molecule has 4 N–H and O–H groups in total. The molecule has 4 nitrogen and oxygen atoms in total. The minimum absolute atomic E-state index is 0.138. The minimum Gasteiger partial charge on any atom is -0.355 e. The fraction of sp³-hybridized carbons (Fsp3) is 0.750. The Morgan fingerprint density at radius 3 is 2.75 bits per heavy atom. The zero-order valence-corrected chi connectivity index (χ0v) is 10.3. The summed E-state index contributed by atoms with van der Waals surface area (Å²) in [6, 6.07) is 0. The summed E-state index contributed by atoms with van der Waals surface area (Å²) in [6.07, 6.45) is 7.87. The van der Waals surface area contributed by atoms with Crippen molar-refractivity contribution < 1.29 is 4.79 Å². The standard InChI is InChI=1S/C12H25N3O/c1-2-3-4-5-6-7-12(16)15-11-10-14-9-8-13/h3-4,14H,2,5-11,13H2,1H3,(H,15,16)/b4-3+. The van der Waals surface area contributed by atoms with Crippen LogP contribution in [-0.2, 0) is 4.79 Å². The highest BCUT2D eigenvalue weighted by atomic mass is 16.1. The van der Waals surface area contributed by atoms with Crippen molar-refractivity contribution in [1.82, 2.24) is 10.6 Å². The van der Waals surface area contributed by atoms with Crippen LogP contribution in [0.5, 0.6) is 0 Å². The number of rotatable bonds is 10. The zero-order chi connectivity index (χ0) is 12.1. The third kappa shape index (κ3) is 11.2. The molecule has 0 aromatic carbocycles. The molecule has 0 rings (SSSR count). The van der Waals surface area contributed by atoms with Gasteiger partial charge in [0, 0.05) is 32.6 Å². The van der Waals surface area contributed by atoms with E-state index in [9.17, 15) is 4.79 Å². The van der Waals surface area contributed by atoms with Crippen molar-refractivity contribution >= 4 is 5.91 Å². The van der Waals surface area contributed by atoms with Gasteiger partial charge in [-0.15, -0.1) is 0 Å². The molecule has 0 unspecified atom stereocenters. The van der Waals surface area contributed by atoms with Crippen molar-refractivity contribution in [3.05, 3.63) is 12.2 Å². The number of carbonyl (C=O) groups is 1. The minimum atomic E-state index is 0.138. The van der Waals surface area contributed by atoms with Crippen LogP contribution in [-0.4, -0.2) is 32.1 Å². The van der Waals surface area contributed by atoms with E-state index in [1.807, 2.05) is 0 Å². The van der Waals surface area contributed by atoms with Crippen LogP contribution in [0.4, 0.5) is 0 Å². The van der Waals surface area contributed by atoms with Gasteiger partial charge in [0.05, 0.1) is 0 Å². The quantitative estimate of drug-likeness (QED) is 0.382. The molecule has 0 fully saturated rings. The molecule has 0 bridgehead atoms. The topological polar surface area (TPSA) is 67.2 Å². The largest absolute Gasteiger partial charge is 0.355 e. The highest BCUT2D eigenvalue weighted by Crippen LogP contribution is 1.97. The Balaban J connectivity index is 3.21. The van der Waals surface area contributed by atoms with E-state index in [-0.39, 0.29) is 5.91 Å². The lowest BCUT2D eigenvalue weighted by atomic mass is 10.2. The van der Waals surface area contributed by atoms with Crippen LogP contribution in [0, 0.1) is 0 Å². The molecule has 0 saturated heterocycles. The first-order valence-electron chi connectivity index (χ1n) is 6.13. The summed E-state index contributed by atoms with van der Waals surface area (Å²) in [5.74, 6) is 0.138. The summed E-state index contributed by atoms with van der Waals surface area (Å²) in [7, 11) is 0. The molecule has 0 atom stereocenters. The second kappa shape index (κ2) is 12.2. The molecule has 0 radical (unpaired) electrons. The van der Waals surface area contributed by atoms with Gasteiger partial charge in [-0.1, -0.05) is 19.1 Å². The second-order valence-electron chi connectivity index (χ2n) is 3.66. The van der Waals surface area contributed by atoms with E-state index in [0.717, 1.165) is 32.4 Å². The first kappa shape index (κ1) is 15.1. The molecule has 0 aliphatic rings. The molecule has 0 saturated carbocycles. The van der Waals surface area contributed by atoms with Gasteiger partial charge in [-0.25, -0.2) is 0 Å². The Hall–Kier alpha value is -0.870. The Kier molecular flexibility index (Phi) is 11.5. The van der Waals surface area contributed by atoms with E-state index >= 15 is 0 Å². The number of amides is 1. The third-order valence-corrected chi connectivity index (χ3v) is 2.12. The number of nitrogens with one attached hydrogen (secondary N) is 2. The Bertz CT molecular complexity index is 193. The van der Waals surface area contributed by atoms with Gasteiger partial charge in [-0.05, 0) is 19.3 Å². The lowest BCUT2D eigenvalue weighted by Crippen LogP contribution is -2.33. The molecule has 0 aromatic rings. The molecule has 0 spiro atoms. The number of carbonyl (C=O) groups excluding carboxylic acids is 1. The van der Waals surface area contributed by atoms with E-state index in [1.54, 1.807) is 0 Å². The molecule has 16 heavy (non-hydrogen) atoms. The Labute approximate surface area is 98.7 Å². The molecule has 94 valence electrons. The maximum atomic E-state index is 11.3. The number of nitrogens with two attached hydrogens (primary N) is 1. The molecule has 4 heteroatoms. The smallest absolute Gasteiger partial charge is 0.220 e. The van der Waals surface area contributed by atoms with Crippen LogP contribution < -0.4 is 16.4 Å². The number of unbranched alkanes of at least 4 members (excludes halogenated alkanes) is 1. The molecule has 0 aromatic heterocycles. The maximum Gasteiger partial charge on any atom is 0.220 e. The highest BCUT2D eigenvalue weighted by Gasteiger charge is 1.98. The average molecular weight is 227 g/mol. The average Bonchev–Trinajstić information content (AvgIpc) is 2.28. The molecular weight excluding hydrogens is 202 g/mol. The van der Waals surface area contributed by atoms with Crippen molar-refractivity contribution in [3.8, 4) is 0 Å². The van der Waals surface area contributed by atoms with E-state index in [2.05, 4.69) is 29.7 Å². The summed E-state index contributed by atoms with van der Waals surface area (Å²) in [4.78, 5) is 11.3. The fourth-order valence-corrected chi connectivity index (χ4v) is 1.27. The number of allylic oxidation sites excluding steroid dienone is 2. The molecule has 0 aliphatic carbocycles. The predicted octanol–water partition coefficient (Wildman–Crippen LogP) is 0.787. The number of hydrogen-bond donors (Lipinski definition) is 3. The Morgan fingerprint density at radius 2 is 2.06 bits per heavy atom. The van der Waals surface area contributed by atoms with Crippen molar-refractivity contribution in [1.29, 1.82) is 0 Å². The first-order chi connectivity index (χ1) is 7.81. The van der Waals surface area contributed by atoms with Gasteiger partial charge in [0.2, 0.25) is 5.91 Å². The second-order valence-corrected chi connectivity index (χ2v) is 3.66. The normalized spacial score (nSPS) is 10.9. The van der Waals surface area contributed by atoms with Crippen LogP contribution in [0.25, 0.3) is 0 Å². The lowest BCUT2D eigenvalue weighted by molar-refractivity contribution is -0.121.